The van der Waals surface area contributed by atoms with E-state index in [0.29, 0.717) is 12.5 Å². The van der Waals surface area contributed by atoms with Gasteiger partial charge in [0.15, 0.2) is 0 Å². The number of hydrogen-bond acceptors (Lipinski definition) is 2. The highest BCUT2D eigenvalue weighted by atomic mass is 79.9. The average molecular weight is 313 g/mol. The molecule has 0 aliphatic heterocycles. The van der Waals surface area contributed by atoms with Crippen molar-refractivity contribution in [3.63, 3.8) is 0 Å². The van der Waals surface area contributed by atoms with E-state index < -0.39 is 0 Å². The minimum atomic E-state index is -0.0411. The summed E-state index contributed by atoms with van der Waals surface area (Å²) < 4.78 is 1.09. The van der Waals surface area contributed by atoms with Crippen LogP contribution in [0.25, 0.3) is 0 Å². The number of aryl methyl sites for hydroxylation is 1. The van der Waals surface area contributed by atoms with Crippen LogP contribution in [0.4, 0.5) is 5.69 Å². The molecule has 0 aliphatic carbocycles. The summed E-state index contributed by atoms with van der Waals surface area (Å²) in [5.74, 6) is 0.707. The maximum Gasteiger partial charge on any atom is 0.0491 e. The van der Waals surface area contributed by atoms with Crippen LogP contribution in [0.2, 0.25) is 0 Å². The molecule has 2 nitrogen and oxygen atoms in total. The van der Waals surface area contributed by atoms with Crippen LogP contribution in [-0.2, 0) is 0 Å². The SMILES string of the molecule is Cc1ccc(Br)c(NC(C)(CN)CCC(C)C)c1. The fourth-order valence-electron chi connectivity index (χ4n) is 1.88. The molecule has 1 atom stereocenters. The second-order valence-electron chi connectivity index (χ2n) is 5.81. The van der Waals surface area contributed by atoms with Crippen LogP contribution in [0.5, 0.6) is 0 Å². The maximum absolute atomic E-state index is 5.95. The number of halogens is 1. The molecule has 1 aromatic carbocycles. The molecule has 18 heavy (non-hydrogen) atoms. The van der Waals surface area contributed by atoms with Gasteiger partial charge in [0.25, 0.3) is 0 Å². The molecule has 0 aliphatic rings. The zero-order valence-electron chi connectivity index (χ0n) is 11.9. The molecule has 0 heterocycles. The van der Waals surface area contributed by atoms with Crippen molar-refractivity contribution in [3.8, 4) is 0 Å². The van der Waals surface area contributed by atoms with Crippen molar-refractivity contribution in [2.24, 2.45) is 11.7 Å². The monoisotopic (exact) mass is 312 g/mol. The number of nitrogens with one attached hydrogen (secondary N) is 1. The van der Waals surface area contributed by atoms with Crippen molar-refractivity contribution in [1.29, 1.82) is 0 Å². The van der Waals surface area contributed by atoms with Gasteiger partial charge in [-0.05, 0) is 66.2 Å². The standard InChI is InChI=1S/C15H25BrN2/c1-11(2)7-8-15(4,10-17)18-14-9-12(3)5-6-13(14)16/h5-6,9,11,18H,7-8,10,17H2,1-4H3. The highest BCUT2D eigenvalue weighted by Gasteiger charge is 2.23. The molecule has 1 rings (SSSR count). The van der Waals surface area contributed by atoms with E-state index >= 15 is 0 Å². The van der Waals surface area contributed by atoms with E-state index in [0.717, 1.165) is 16.6 Å². The summed E-state index contributed by atoms with van der Waals surface area (Å²) in [6, 6.07) is 6.34. The van der Waals surface area contributed by atoms with Gasteiger partial charge in [0.1, 0.15) is 0 Å². The summed E-state index contributed by atoms with van der Waals surface area (Å²) in [4.78, 5) is 0. The quantitative estimate of drug-likeness (QED) is 0.820. The van der Waals surface area contributed by atoms with Crippen LogP contribution >= 0.6 is 15.9 Å². The van der Waals surface area contributed by atoms with E-state index in [1.807, 2.05) is 0 Å². The Morgan fingerprint density at radius 1 is 1.39 bits per heavy atom. The smallest absolute Gasteiger partial charge is 0.0491 e. The number of hydrogen-bond donors (Lipinski definition) is 2. The second-order valence-corrected chi connectivity index (χ2v) is 6.66. The molecule has 0 radical (unpaired) electrons. The van der Waals surface area contributed by atoms with Gasteiger partial charge in [-0.25, -0.2) is 0 Å². The summed E-state index contributed by atoms with van der Waals surface area (Å²) in [5, 5.41) is 3.60. The van der Waals surface area contributed by atoms with Crippen molar-refractivity contribution in [3.05, 3.63) is 28.2 Å². The molecule has 102 valence electrons. The summed E-state index contributed by atoms with van der Waals surface area (Å²) in [6.07, 6.45) is 2.27. The molecule has 1 unspecified atom stereocenters. The lowest BCUT2D eigenvalue weighted by Crippen LogP contribution is -2.42. The van der Waals surface area contributed by atoms with Crippen LogP contribution < -0.4 is 11.1 Å². The zero-order valence-corrected chi connectivity index (χ0v) is 13.5. The average Bonchev–Trinajstić information content (AvgIpc) is 2.31. The molecule has 0 spiro atoms. The molecular weight excluding hydrogens is 288 g/mol. The second kappa shape index (κ2) is 6.58. The predicted molar refractivity (Wildman–Crippen MR) is 84.0 cm³/mol. The first-order chi connectivity index (χ1) is 8.36. The molecular formula is C15H25BrN2. The van der Waals surface area contributed by atoms with Gasteiger partial charge in [0, 0.05) is 22.2 Å². The topological polar surface area (TPSA) is 38.0 Å². The Labute approximate surface area is 119 Å². The Kier molecular flexibility index (Phi) is 5.67. The number of anilines is 1. The fraction of sp³-hybridized carbons (Fsp3) is 0.600. The molecule has 0 fully saturated rings. The van der Waals surface area contributed by atoms with E-state index in [4.69, 9.17) is 5.73 Å². The van der Waals surface area contributed by atoms with Crippen molar-refractivity contribution in [2.45, 2.75) is 46.1 Å². The van der Waals surface area contributed by atoms with E-state index in [-0.39, 0.29) is 5.54 Å². The van der Waals surface area contributed by atoms with Crippen molar-refractivity contribution >= 4 is 21.6 Å². The van der Waals surface area contributed by atoms with Gasteiger partial charge < -0.3 is 11.1 Å². The predicted octanol–water partition coefficient (Wildman–Crippen LogP) is 4.32. The van der Waals surface area contributed by atoms with Gasteiger partial charge in [-0.3, -0.25) is 0 Å². The summed E-state index contributed by atoms with van der Waals surface area (Å²) in [5.41, 5.74) is 8.30. The third-order valence-electron chi connectivity index (χ3n) is 3.28. The molecule has 3 N–H and O–H groups in total. The first-order valence-electron chi connectivity index (χ1n) is 6.61. The van der Waals surface area contributed by atoms with Gasteiger partial charge in [-0.15, -0.1) is 0 Å². The third kappa shape index (κ3) is 4.62. The first-order valence-corrected chi connectivity index (χ1v) is 7.40. The lowest BCUT2D eigenvalue weighted by Gasteiger charge is -2.32. The highest BCUT2D eigenvalue weighted by Crippen LogP contribution is 2.28. The minimum absolute atomic E-state index is 0.0411. The van der Waals surface area contributed by atoms with Crippen LogP contribution in [0, 0.1) is 12.8 Å². The van der Waals surface area contributed by atoms with Gasteiger partial charge in [0.2, 0.25) is 0 Å². The fourth-order valence-corrected chi connectivity index (χ4v) is 2.23. The van der Waals surface area contributed by atoms with E-state index in [1.54, 1.807) is 0 Å². The van der Waals surface area contributed by atoms with E-state index in [9.17, 15) is 0 Å². The largest absolute Gasteiger partial charge is 0.378 e. The zero-order chi connectivity index (χ0) is 13.8. The molecule has 0 bridgehead atoms. The van der Waals surface area contributed by atoms with Crippen molar-refractivity contribution in [2.75, 3.05) is 11.9 Å². The van der Waals surface area contributed by atoms with Crippen molar-refractivity contribution < 1.29 is 0 Å². The number of benzene rings is 1. The third-order valence-corrected chi connectivity index (χ3v) is 3.97. The molecule has 0 aromatic heterocycles. The van der Waals surface area contributed by atoms with E-state index in [1.165, 1.54) is 12.0 Å². The Balaban J connectivity index is 2.80. The van der Waals surface area contributed by atoms with Gasteiger partial charge in [0.05, 0.1) is 0 Å². The van der Waals surface area contributed by atoms with Crippen LogP contribution in [0.15, 0.2) is 22.7 Å². The first kappa shape index (κ1) is 15.5. The number of nitrogens with two attached hydrogens (primary N) is 1. The molecule has 1 aromatic rings. The molecule has 0 amide bonds. The summed E-state index contributed by atoms with van der Waals surface area (Å²) in [7, 11) is 0. The lowest BCUT2D eigenvalue weighted by atomic mass is 9.91. The summed E-state index contributed by atoms with van der Waals surface area (Å²) >= 11 is 3.59. The molecule has 0 saturated heterocycles. The normalized spacial score (nSPS) is 14.6. The molecule has 3 heteroatoms. The van der Waals surface area contributed by atoms with Crippen LogP contribution in [0.3, 0.4) is 0 Å². The maximum atomic E-state index is 5.95. The Morgan fingerprint density at radius 3 is 2.61 bits per heavy atom. The van der Waals surface area contributed by atoms with Crippen LogP contribution in [-0.4, -0.2) is 12.1 Å². The lowest BCUT2D eigenvalue weighted by molar-refractivity contribution is 0.420. The molecule has 0 saturated carbocycles. The highest BCUT2D eigenvalue weighted by molar-refractivity contribution is 9.10. The minimum Gasteiger partial charge on any atom is -0.378 e. The Hall–Kier alpha value is -0.540. The van der Waals surface area contributed by atoms with Gasteiger partial charge in [-0.1, -0.05) is 19.9 Å². The van der Waals surface area contributed by atoms with Crippen molar-refractivity contribution in [1.82, 2.24) is 0 Å². The van der Waals surface area contributed by atoms with Gasteiger partial charge in [-0.2, -0.15) is 0 Å². The number of rotatable bonds is 6. The Bertz CT molecular complexity index is 390. The van der Waals surface area contributed by atoms with E-state index in [2.05, 4.69) is 67.1 Å². The summed E-state index contributed by atoms with van der Waals surface area (Å²) in [6.45, 7) is 9.44. The van der Waals surface area contributed by atoms with Crippen LogP contribution in [0.1, 0.15) is 39.2 Å². The van der Waals surface area contributed by atoms with Gasteiger partial charge >= 0.3 is 0 Å². The Morgan fingerprint density at radius 2 is 2.06 bits per heavy atom.